The van der Waals surface area contributed by atoms with Gasteiger partial charge in [-0.2, -0.15) is 5.10 Å². The third-order valence-corrected chi connectivity index (χ3v) is 3.66. The summed E-state index contributed by atoms with van der Waals surface area (Å²) >= 11 is 0. The van der Waals surface area contributed by atoms with Crippen molar-refractivity contribution >= 4 is 21.5 Å². The number of nitrogens with one attached hydrogen (secondary N) is 2. The van der Waals surface area contributed by atoms with Gasteiger partial charge >= 0.3 is 0 Å². The van der Waals surface area contributed by atoms with E-state index in [1.54, 1.807) is 0 Å². The van der Waals surface area contributed by atoms with Crippen LogP contribution in [0.4, 0.5) is 11.6 Å². The maximum absolute atomic E-state index is 11.6. The highest BCUT2D eigenvalue weighted by atomic mass is 32.2. The fraction of sp³-hybridized carbons (Fsp3) is 0.625. The Morgan fingerprint density at radius 3 is 2.56 bits per heavy atom. The zero-order valence-corrected chi connectivity index (χ0v) is 9.84. The van der Waals surface area contributed by atoms with E-state index in [1.807, 2.05) is 4.90 Å². The van der Waals surface area contributed by atoms with Crippen LogP contribution < -0.4 is 16.0 Å². The van der Waals surface area contributed by atoms with Crippen molar-refractivity contribution in [2.45, 2.75) is 4.90 Å². The van der Waals surface area contributed by atoms with Crippen LogP contribution in [0.1, 0.15) is 0 Å². The number of sulfone groups is 1. The van der Waals surface area contributed by atoms with Gasteiger partial charge in [0.2, 0.25) is 0 Å². The molecule has 0 aromatic carbocycles. The normalized spacial score (nSPS) is 17.7. The van der Waals surface area contributed by atoms with Crippen molar-refractivity contribution in [3.63, 3.8) is 0 Å². The van der Waals surface area contributed by atoms with Crippen LogP contribution in [0.25, 0.3) is 0 Å². The van der Waals surface area contributed by atoms with E-state index in [9.17, 15) is 8.42 Å². The summed E-state index contributed by atoms with van der Waals surface area (Å²) in [6.07, 6.45) is 1.14. The molecule has 90 valence electrons. The summed E-state index contributed by atoms with van der Waals surface area (Å²) in [5.41, 5.74) is 5.59. The number of hydrogen-bond acceptors (Lipinski definition) is 6. The summed E-state index contributed by atoms with van der Waals surface area (Å²) in [7, 11) is -3.35. The number of rotatable bonds is 2. The molecule has 16 heavy (non-hydrogen) atoms. The van der Waals surface area contributed by atoms with Crippen molar-refractivity contribution < 1.29 is 8.42 Å². The number of aromatic nitrogens is 2. The van der Waals surface area contributed by atoms with Crippen molar-refractivity contribution in [2.24, 2.45) is 0 Å². The number of nitrogen functional groups attached to an aromatic ring is 1. The molecule has 2 rings (SSSR count). The number of aromatic amines is 1. The summed E-state index contributed by atoms with van der Waals surface area (Å²) < 4.78 is 23.2. The fourth-order valence-electron chi connectivity index (χ4n) is 1.79. The number of anilines is 2. The van der Waals surface area contributed by atoms with Gasteiger partial charge in [0.1, 0.15) is 5.82 Å². The van der Waals surface area contributed by atoms with Gasteiger partial charge in [-0.05, 0) is 0 Å². The second kappa shape index (κ2) is 3.95. The first kappa shape index (κ1) is 11.2. The molecule has 1 saturated heterocycles. The van der Waals surface area contributed by atoms with Crippen LogP contribution in [-0.4, -0.2) is 51.0 Å². The molecule has 1 aromatic heterocycles. The second-order valence-electron chi connectivity index (χ2n) is 3.80. The number of nitrogens with zero attached hydrogens (tertiary/aromatic N) is 2. The predicted octanol–water partition coefficient (Wildman–Crippen LogP) is -1.19. The molecule has 0 atom stereocenters. The van der Waals surface area contributed by atoms with Crippen molar-refractivity contribution in [3.8, 4) is 0 Å². The lowest BCUT2D eigenvalue weighted by atomic mass is 10.3. The van der Waals surface area contributed by atoms with E-state index in [1.165, 1.54) is 0 Å². The molecule has 0 amide bonds. The fourth-order valence-corrected chi connectivity index (χ4v) is 2.74. The van der Waals surface area contributed by atoms with E-state index in [2.05, 4.69) is 15.5 Å². The number of hydrogen-bond donors (Lipinski definition) is 3. The molecule has 0 aliphatic carbocycles. The van der Waals surface area contributed by atoms with Crippen LogP contribution in [0.15, 0.2) is 4.90 Å². The van der Waals surface area contributed by atoms with E-state index in [4.69, 9.17) is 5.73 Å². The highest BCUT2D eigenvalue weighted by Crippen LogP contribution is 2.27. The smallest absolute Gasteiger partial charge is 0.182 e. The summed E-state index contributed by atoms with van der Waals surface area (Å²) in [4.78, 5) is 2.02. The molecular weight excluding hydrogens is 230 g/mol. The zero-order chi connectivity index (χ0) is 11.8. The van der Waals surface area contributed by atoms with E-state index in [0.29, 0.717) is 5.82 Å². The third kappa shape index (κ3) is 1.98. The SMILES string of the molecule is CS(=O)(=O)c1c(N2CCNCC2)n[nH]c1N. The Morgan fingerprint density at radius 1 is 1.38 bits per heavy atom. The molecule has 8 heteroatoms. The highest BCUT2D eigenvalue weighted by Gasteiger charge is 2.25. The van der Waals surface area contributed by atoms with Gasteiger partial charge in [-0.25, -0.2) is 8.42 Å². The van der Waals surface area contributed by atoms with Crippen LogP contribution in [-0.2, 0) is 9.84 Å². The molecule has 0 saturated carbocycles. The van der Waals surface area contributed by atoms with E-state index >= 15 is 0 Å². The number of nitrogens with two attached hydrogens (primary N) is 1. The minimum Gasteiger partial charge on any atom is -0.383 e. The van der Waals surface area contributed by atoms with Gasteiger partial charge in [0.05, 0.1) is 0 Å². The topological polar surface area (TPSA) is 104 Å². The van der Waals surface area contributed by atoms with E-state index in [-0.39, 0.29) is 10.7 Å². The van der Waals surface area contributed by atoms with Gasteiger partial charge in [0, 0.05) is 32.4 Å². The Morgan fingerprint density at radius 2 is 2.00 bits per heavy atom. The molecule has 0 spiro atoms. The van der Waals surface area contributed by atoms with Crippen LogP contribution in [0.3, 0.4) is 0 Å². The maximum Gasteiger partial charge on any atom is 0.182 e. The first-order valence-electron chi connectivity index (χ1n) is 4.99. The Labute approximate surface area is 93.9 Å². The molecular formula is C8H15N5O2S. The quantitative estimate of drug-likeness (QED) is 0.605. The van der Waals surface area contributed by atoms with Crippen LogP contribution >= 0.6 is 0 Å². The molecule has 1 aromatic rings. The molecule has 1 aliphatic rings. The first-order valence-corrected chi connectivity index (χ1v) is 6.89. The van der Waals surface area contributed by atoms with Crippen LogP contribution in [0.2, 0.25) is 0 Å². The summed E-state index contributed by atoms with van der Waals surface area (Å²) in [6.45, 7) is 3.09. The summed E-state index contributed by atoms with van der Waals surface area (Å²) in [6, 6.07) is 0. The standard InChI is InChI=1S/C8H15N5O2S/c1-16(14,15)6-7(9)11-12-8(6)13-4-2-10-3-5-13/h10H,2-5H2,1H3,(H3,9,11,12). The van der Waals surface area contributed by atoms with E-state index < -0.39 is 9.84 Å². The van der Waals surface area contributed by atoms with Crippen molar-refractivity contribution in [1.29, 1.82) is 0 Å². The molecule has 1 aliphatic heterocycles. The lowest BCUT2D eigenvalue weighted by Crippen LogP contribution is -2.44. The lowest BCUT2D eigenvalue weighted by Gasteiger charge is -2.27. The van der Waals surface area contributed by atoms with Gasteiger partial charge in [0.25, 0.3) is 0 Å². The van der Waals surface area contributed by atoms with E-state index in [0.717, 1.165) is 32.4 Å². The molecule has 1 fully saturated rings. The first-order chi connectivity index (χ1) is 7.50. The van der Waals surface area contributed by atoms with Gasteiger partial charge in [-0.15, -0.1) is 0 Å². The van der Waals surface area contributed by atoms with Crippen LogP contribution in [0.5, 0.6) is 0 Å². The average molecular weight is 245 g/mol. The van der Waals surface area contributed by atoms with Gasteiger partial charge < -0.3 is 16.0 Å². The van der Waals surface area contributed by atoms with Crippen molar-refractivity contribution in [1.82, 2.24) is 15.5 Å². The maximum atomic E-state index is 11.6. The molecule has 0 unspecified atom stereocenters. The molecule has 0 radical (unpaired) electrons. The Kier molecular flexibility index (Phi) is 2.76. The van der Waals surface area contributed by atoms with Gasteiger partial charge in [-0.3, -0.25) is 5.10 Å². The van der Waals surface area contributed by atoms with Gasteiger partial charge in [0.15, 0.2) is 20.6 Å². The molecule has 0 bridgehead atoms. The van der Waals surface area contributed by atoms with Crippen LogP contribution in [0, 0.1) is 0 Å². The predicted molar refractivity (Wildman–Crippen MR) is 61.2 cm³/mol. The van der Waals surface area contributed by atoms with Crippen molar-refractivity contribution in [2.75, 3.05) is 43.1 Å². The largest absolute Gasteiger partial charge is 0.383 e. The monoisotopic (exact) mass is 245 g/mol. The van der Waals surface area contributed by atoms with Gasteiger partial charge in [-0.1, -0.05) is 0 Å². The number of H-pyrrole nitrogens is 1. The third-order valence-electron chi connectivity index (χ3n) is 2.52. The number of piperazine rings is 1. The molecule has 7 nitrogen and oxygen atoms in total. The molecule has 4 N–H and O–H groups in total. The average Bonchev–Trinajstić information content (AvgIpc) is 2.61. The second-order valence-corrected chi connectivity index (χ2v) is 5.75. The Hall–Kier alpha value is -1.28. The Balaban J connectivity index is 2.41. The molecule has 2 heterocycles. The summed E-state index contributed by atoms with van der Waals surface area (Å²) in [5, 5.41) is 9.69. The lowest BCUT2D eigenvalue weighted by molar-refractivity contribution is 0.578. The minimum atomic E-state index is -3.35. The Bertz CT molecular complexity index is 475. The summed E-state index contributed by atoms with van der Waals surface area (Å²) in [5.74, 6) is 0.539. The van der Waals surface area contributed by atoms with Crippen molar-refractivity contribution in [3.05, 3.63) is 0 Å². The minimum absolute atomic E-state index is 0.106. The highest BCUT2D eigenvalue weighted by molar-refractivity contribution is 7.91. The zero-order valence-electron chi connectivity index (χ0n) is 9.02.